The van der Waals surface area contributed by atoms with E-state index in [0.29, 0.717) is 12.0 Å². The molecule has 100 valence electrons. The van der Waals surface area contributed by atoms with Gasteiger partial charge in [-0.1, -0.05) is 6.92 Å². The lowest BCUT2D eigenvalue weighted by atomic mass is 10.2. The maximum Gasteiger partial charge on any atom is 0.223 e. The van der Waals surface area contributed by atoms with E-state index in [4.69, 9.17) is 10.5 Å². The van der Waals surface area contributed by atoms with Gasteiger partial charge in [-0.25, -0.2) is 0 Å². The van der Waals surface area contributed by atoms with Gasteiger partial charge in [0, 0.05) is 26.3 Å². The molecule has 2 heterocycles. The predicted molar refractivity (Wildman–Crippen MR) is 72.9 cm³/mol. The molecule has 1 unspecified atom stereocenters. The number of nitrogen functional groups attached to an aromatic ring is 1. The fourth-order valence-corrected chi connectivity index (χ4v) is 1.99. The van der Waals surface area contributed by atoms with Crippen molar-refractivity contribution in [3.63, 3.8) is 0 Å². The number of rotatable bonds is 5. The molecule has 0 spiro atoms. The average Bonchev–Trinajstić information content (AvgIpc) is 2.88. The topological polar surface area (TPSA) is 76.3 Å². The van der Waals surface area contributed by atoms with Crippen molar-refractivity contribution in [1.82, 2.24) is 9.97 Å². The van der Waals surface area contributed by atoms with E-state index in [9.17, 15) is 0 Å². The van der Waals surface area contributed by atoms with Crippen LogP contribution < -0.4 is 16.0 Å². The average molecular weight is 251 g/mol. The van der Waals surface area contributed by atoms with Crippen molar-refractivity contribution >= 4 is 17.6 Å². The molecule has 0 radical (unpaired) electrons. The summed E-state index contributed by atoms with van der Waals surface area (Å²) in [5.41, 5.74) is 5.75. The van der Waals surface area contributed by atoms with Gasteiger partial charge in [-0.2, -0.15) is 9.97 Å². The molecule has 1 aliphatic rings. The Morgan fingerprint density at radius 1 is 1.56 bits per heavy atom. The molecule has 0 amide bonds. The Balaban J connectivity index is 2.13. The summed E-state index contributed by atoms with van der Waals surface area (Å²) in [6.07, 6.45) is 2.07. The molecular formula is C12H21N5O. The van der Waals surface area contributed by atoms with Gasteiger partial charge >= 0.3 is 0 Å². The smallest absolute Gasteiger partial charge is 0.223 e. The lowest BCUT2D eigenvalue weighted by Gasteiger charge is -2.24. The zero-order chi connectivity index (χ0) is 13.0. The maximum atomic E-state index is 5.75. The van der Waals surface area contributed by atoms with Crippen LogP contribution >= 0.6 is 0 Å². The van der Waals surface area contributed by atoms with Crippen molar-refractivity contribution in [2.45, 2.75) is 25.8 Å². The summed E-state index contributed by atoms with van der Waals surface area (Å²) in [6.45, 7) is 4.56. The van der Waals surface area contributed by atoms with E-state index in [-0.39, 0.29) is 0 Å². The quantitative estimate of drug-likeness (QED) is 0.816. The van der Waals surface area contributed by atoms with Crippen LogP contribution in [0.4, 0.5) is 17.6 Å². The fourth-order valence-electron chi connectivity index (χ4n) is 1.99. The third kappa shape index (κ3) is 3.01. The lowest BCUT2D eigenvalue weighted by molar-refractivity contribution is 0.193. The molecule has 1 aliphatic heterocycles. The number of nitrogens with zero attached hydrogens (tertiary/aromatic N) is 3. The third-order valence-corrected chi connectivity index (χ3v) is 3.10. The van der Waals surface area contributed by atoms with E-state index in [1.54, 1.807) is 0 Å². The first-order valence-electron chi connectivity index (χ1n) is 6.39. The monoisotopic (exact) mass is 251 g/mol. The van der Waals surface area contributed by atoms with Gasteiger partial charge in [0.1, 0.15) is 11.6 Å². The molecule has 1 fully saturated rings. The van der Waals surface area contributed by atoms with Gasteiger partial charge in [-0.3, -0.25) is 0 Å². The van der Waals surface area contributed by atoms with Crippen molar-refractivity contribution in [2.75, 3.05) is 42.8 Å². The highest BCUT2D eigenvalue weighted by Crippen LogP contribution is 2.21. The Hall–Kier alpha value is -1.56. The molecule has 2 rings (SSSR count). The Bertz CT molecular complexity index is 392. The minimum absolute atomic E-state index is 0.303. The van der Waals surface area contributed by atoms with Crippen LogP contribution in [0.2, 0.25) is 0 Å². The Morgan fingerprint density at radius 3 is 3.06 bits per heavy atom. The fraction of sp³-hybridized carbons (Fsp3) is 0.667. The van der Waals surface area contributed by atoms with Gasteiger partial charge in [-0.05, 0) is 12.8 Å². The summed E-state index contributed by atoms with van der Waals surface area (Å²) >= 11 is 0. The van der Waals surface area contributed by atoms with Gasteiger partial charge in [0.25, 0.3) is 0 Å². The van der Waals surface area contributed by atoms with E-state index in [0.717, 1.165) is 44.2 Å². The SMILES string of the molecule is CCCNc1cc(N(C)C2CCOC2)nc(N)n1. The molecular weight excluding hydrogens is 230 g/mol. The summed E-state index contributed by atoms with van der Waals surface area (Å²) < 4.78 is 5.39. The molecule has 18 heavy (non-hydrogen) atoms. The van der Waals surface area contributed by atoms with Gasteiger partial charge < -0.3 is 20.7 Å². The largest absolute Gasteiger partial charge is 0.379 e. The van der Waals surface area contributed by atoms with Crippen LogP contribution in [0.3, 0.4) is 0 Å². The first-order valence-corrected chi connectivity index (χ1v) is 6.39. The first-order chi connectivity index (χ1) is 8.70. The summed E-state index contributed by atoms with van der Waals surface area (Å²) in [4.78, 5) is 10.6. The molecule has 0 aliphatic carbocycles. The summed E-state index contributed by atoms with van der Waals surface area (Å²) in [5, 5.41) is 3.23. The molecule has 0 bridgehead atoms. The van der Waals surface area contributed by atoms with Crippen molar-refractivity contribution in [2.24, 2.45) is 0 Å². The summed E-state index contributed by atoms with van der Waals surface area (Å²) in [7, 11) is 2.02. The minimum atomic E-state index is 0.303. The molecule has 1 aromatic heterocycles. The Kier molecular flexibility index (Phi) is 4.19. The number of anilines is 3. The maximum absolute atomic E-state index is 5.75. The van der Waals surface area contributed by atoms with Crippen LogP contribution in [0.25, 0.3) is 0 Å². The zero-order valence-corrected chi connectivity index (χ0v) is 11.0. The van der Waals surface area contributed by atoms with Gasteiger partial charge in [0.15, 0.2) is 0 Å². The highest BCUT2D eigenvalue weighted by Gasteiger charge is 2.22. The molecule has 1 aromatic rings. The van der Waals surface area contributed by atoms with E-state index < -0.39 is 0 Å². The predicted octanol–water partition coefficient (Wildman–Crippen LogP) is 1.11. The number of ether oxygens (including phenoxy) is 1. The summed E-state index contributed by atoms with van der Waals surface area (Å²) in [5.74, 6) is 1.93. The number of nitrogens with two attached hydrogens (primary N) is 1. The molecule has 1 atom stereocenters. The van der Waals surface area contributed by atoms with Gasteiger partial charge in [0.05, 0.1) is 12.6 Å². The van der Waals surface area contributed by atoms with Crippen molar-refractivity contribution in [1.29, 1.82) is 0 Å². The van der Waals surface area contributed by atoms with Crippen molar-refractivity contribution in [3.8, 4) is 0 Å². The number of nitrogens with one attached hydrogen (secondary N) is 1. The number of hydrogen-bond acceptors (Lipinski definition) is 6. The van der Waals surface area contributed by atoms with E-state index >= 15 is 0 Å². The zero-order valence-electron chi connectivity index (χ0n) is 11.0. The van der Waals surface area contributed by atoms with Gasteiger partial charge in [0.2, 0.25) is 5.95 Å². The second kappa shape index (κ2) is 5.86. The van der Waals surface area contributed by atoms with Gasteiger partial charge in [-0.15, -0.1) is 0 Å². The van der Waals surface area contributed by atoms with Crippen LogP contribution in [0.1, 0.15) is 19.8 Å². The lowest BCUT2D eigenvalue weighted by Crippen LogP contribution is -2.32. The first kappa shape index (κ1) is 12.9. The van der Waals surface area contributed by atoms with Crippen LogP contribution in [0.15, 0.2) is 6.07 Å². The molecule has 0 aromatic carbocycles. The van der Waals surface area contributed by atoms with Crippen molar-refractivity contribution < 1.29 is 4.74 Å². The number of aromatic nitrogens is 2. The van der Waals surface area contributed by atoms with Crippen LogP contribution in [0, 0.1) is 0 Å². The normalized spacial score (nSPS) is 18.9. The van der Waals surface area contributed by atoms with E-state index in [1.807, 2.05) is 13.1 Å². The Labute approximate surface area is 108 Å². The molecule has 1 saturated heterocycles. The van der Waals surface area contributed by atoms with Crippen LogP contribution in [-0.2, 0) is 4.74 Å². The Morgan fingerprint density at radius 2 is 2.39 bits per heavy atom. The van der Waals surface area contributed by atoms with E-state index in [2.05, 4.69) is 27.1 Å². The molecule has 3 N–H and O–H groups in total. The van der Waals surface area contributed by atoms with Crippen LogP contribution in [0.5, 0.6) is 0 Å². The third-order valence-electron chi connectivity index (χ3n) is 3.10. The summed E-state index contributed by atoms with van der Waals surface area (Å²) in [6, 6.07) is 2.31. The van der Waals surface area contributed by atoms with Crippen LogP contribution in [-0.4, -0.2) is 42.8 Å². The number of likely N-dealkylation sites (N-methyl/N-ethyl adjacent to an activating group) is 1. The van der Waals surface area contributed by atoms with E-state index in [1.165, 1.54) is 0 Å². The molecule has 0 saturated carbocycles. The minimum Gasteiger partial charge on any atom is -0.379 e. The highest BCUT2D eigenvalue weighted by molar-refractivity contribution is 5.52. The number of hydrogen-bond donors (Lipinski definition) is 2. The highest BCUT2D eigenvalue weighted by atomic mass is 16.5. The second-order valence-corrected chi connectivity index (χ2v) is 4.52. The molecule has 6 nitrogen and oxygen atoms in total. The second-order valence-electron chi connectivity index (χ2n) is 4.52. The standard InChI is InChI=1S/C12H21N5O/c1-3-5-14-10-7-11(16-12(13)15-10)17(2)9-4-6-18-8-9/h7,9H,3-6,8H2,1-2H3,(H3,13,14,15,16). The van der Waals surface area contributed by atoms with Crippen molar-refractivity contribution in [3.05, 3.63) is 6.07 Å². The molecule has 6 heteroatoms.